The Kier molecular flexibility index (Phi) is 5.12. The van der Waals surface area contributed by atoms with E-state index in [1.54, 1.807) is 17.2 Å². The Morgan fingerprint density at radius 1 is 1.14 bits per heavy atom. The summed E-state index contributed by atoms with van der Waals surface area (Å²) in [5, 5.41) is 0.682. The Hall–Kier alpha value is -2.38. The molecule has 0 spiro atoms. The zero-order chi connectivity index (χ0) is 19.8. The first-order valence-electron chi connectivity index (χ1n) is 9.54. The van der Waals surface area contributed by atoms with Gasteiger partial charge in [0.2, 0.25) is 0 Å². The Balaban J connectivity index is 1.73. The van der Waals surface area contributed by atoms with Gasteiger partial charge in [-0.3, -0.25) is 9.59 Å². The second-order valence-corrected chi connectivity index (χ2v) is 8.54. The number of fused-ring (bicyclic) bond motifs is 2. The Morgan fingerprint density at radius 2 is 1.89 bits per heavy atom. The Labute approximate surface area is 169 Å². The molecule has 2 aromatic rings. The van der Waals surface area contributed by atoms with Crippen LogP contribution >= 0.6 is 11.8 Å². The molecule has 3 heterocycles. The summed E-state index contributed by atoms with van der Waals surface area (Å²) in [4.78, 5) is 37.4. The molecule has 146 valence electrons. The molecule has 7 heteroatoms. The van der Waals surface area contributed by atoms with Crippen LogP contribution in [-0.2, 0) is 0 Å². The van der Waals surface area contributed by atoms with Gasteiger partial charge < -0.3 is 14.7 Å². The van der Waals surface area contributed by atoms with Crippen molar-refractivity contribution in [3.63, 3.8) is 0 Å². The zero-order valence-corrected chi connectivity index (χ0v) is 17.2. The molecule has 0 radical (unpaired) electrons. The second kappa shape index (κ2) is 7.56. The molecule has 0 bridgehead atoms. The Bertz CT molecular complexity index is 922. The van der Waals surface area contributed by atoms with E-state index >= 15 is 0 Å². The van der Waals surface area contributed by atoms with Gasteiger partial charge in [-0.25, -0.2) is 4.98 Å². The first-order valence-corrected chi connectivity index (χ1v) is 10.4. The molecule has 4 rings (SSSR count). The molecule has 0 atom stereocenters. The third-order valence-electron chi connectivity index (χ3n) is 5.20. The highest BCUT2D eigenvalue weighted by molar-refractivity contribution is 7.99. The van der Waals surface area contributed by atoms with Crippen LogP contribution in [-0.4, -0.2) is 65.9 Å². The lowest BCUT2D eigenvalue weighted by Crippen LogP contribution is -2.47. The van der Waals surface area contributed by atoms with Gasteiger partial charge >= 0.3 is 0 Å². The van der Waals surface area contributed by atoms with Crippen LogP contribution in [0.15, 0.2) is 46.5 Å². The van der Waals surface area contributed by atoms with Crippen LogP contribution in [0.2, 0.25) is 0 Å². The van der Waals surface area contributed by atoms with Crippen LogP contribution in [0.3, 0.4) is 0 Å². The topological polar surface area (TPSA) is 56.8 Å². The van der Waals surface area contributed by atoms with Gasteiger partial charge in [-0.15, -0.1) is 0 Å². The van der Waals surface area contributed by atoms with Crippen molar-refractivity contribution in [2.24, 2.45) is 0 Å². The molecule has 1 fully saturated rings. The van der Waals surface area contributed by atoms with Crippen LogP contribution < -0.4 is 4.90 Å². The number of pyridine rings is 1. The monoisotopic (exact) mass is 396 g/mol. The van der Waals surface area contributed by atoms with Crippen LogP contribution in [0.25, 0.3) is 0 Å². The molecule has 0 aliphatic carbocycles. The molecular weight excluding hydrogens is 372 g/mol. The number of nitrogens with zero attached hydrogens (tertiary/aromatic N) is 4. The number of hydrogen-bond acceptors (Lipinski definition) is 5. The highest BCUT2D eigenvalue weighted by atomic mass is 32.2. The molecule has 0 saturated carbocycles. The van der Waals surface area contributed by atoms with Crippen LogP contribution in [0.1, 0.15) is 34.6 Å². The summed E-state index contributed by atoms with van der Waals surface area (Å²) in [6, 6.07) is 9.25. The maximum Gasteiger partial charge on any atom is 0.261 e. The number of aromatic nitrogens is 1. The van der Waals surface area contributed by atoms with Crippen molar-refractivity contribution >= 4 is 29.3 Å². The standard InChI is InChI=1S/C21H24N4O2S/c1-14(2)25-17-7-6-15(20(26)24-11-9-23(3)10-12-24)13-18(17)28-19-16(21(25)27)5-4-8-22-19/h4-8,13-14H,9-12H2,1-3H3. The number of amides is 2. The smallest absolute Gasteiger partial charge is 0.261 e. The molecule has 1 saturated heterocycles. The highest BCUT2D eigenvalue weighted by Crippen LogP contribution is 2.41. The van der Waals surface area contributed by atoms with Gasteiger partial charge in [-0.2, -0.15) is 0 Å². The van der Waals surface area contributed by atoms with E-state index in [1.807, 2.05) is 43.0 Å². The fourth-order valence-electron chi connectivity index (χ4n) is 3.61. The predicted molar refractivity (Wildman–Crippen MR) is 110 cm³/mol. The minimum atomic E-state index is -0.0532. The summed E-state index contributed by atoms with van der Waals surface area (Å²) in [6.45, 7) is 7.24. The lowest BCUT2D eigenvalue weighted by atomic mass is 10.1. The number of rotatable bonds is 2. The minimum absolute atomic E-state index is 0.00260. The SMILES string of the molecule is CC(C)N1C(=O)c2cccnc2Sc2cc(C(=O)N3CCN(C)CC3)ccc21. The normalized spacial score (nSPS) is 17.4. The number of piperazine rings is 1. The first kappa shape index (κ1) is 19.0. The number of anilines is 1. The van der Waals surface area contributed by atoms with E-state index in [4.69, 9.17) is 0 Å². The largest absolute Gasteiger partial charge is 0.336 e. The van der Waals surface area contributed by atoms with Crippen molar-refractivity contribution in [3.05, 3.63) is 47.7 Å². The van der Waals surface area contributed by atoms with Crippen molar-refractivity contribution in [3.8, 4) is 0 Å². The van der Waals surface area contributed by atoms with Gasteiger partial charge in [0.25, 0.3) is 11.8 Å². The van der Waals surface area contributed by atoms with E-state index in [1.165, 1.54) is 11.8 Å². The zero-order valence-electron chi connectivity index (χ0n) is 16.4. The molecular formula is C21H24N4O2S. The van der Waals surface area contributed by atoms with Gasteiger partial charge in [0.05, 0.1) is 11.3 Å². The van der Waals surface area contributed by atoms with E-state index in [0.717, 1.165) is 36.8 Å². The molecule has 28 heavy (non-hydrogen) atoms. The maximum atomic E-state index is 13.1. The third kappa shape index (κ3) is 3.40. The van der Waals surface area contributed by atoms with Crippen LogP contribution in [0.4, 0.5) is 5.69 Å². The van der Waals surface area contributed by atoms with E-state index in [2.05, 4.69) is 16.9 Å². The quantitative estimate of drug-likeness (QED) is 0.781. The number of hydrogen-bond donors (Lipinski definition) is 0. The number of likely N-dealkylation sites (N-methyl/N-ethyl adjacent to an activating group) is 1. The third-order valence-corrected chi connectivity index (χ3v) is 6.27. The molecule has 1 aromatic heterocycles. The van der Waals surface area contributed by atoms with Crippen LogP contribution in [0.5, 0.6) is 0 Å². The first-order chi connectivity index (χ1) is 13.5. The van der Waals surface area contributed by atoms with Gasteiger partial charge in [0, 0.05) is 48.9 Å². The molecule has 2 aliphatic heterocycles. The molecule has 2 amide bonds. The number of carbonyl (C=O) groups excluding carboxylic acids is 2. The Morgan fingerprint density at radius 3 is 2.61 bits per heavy atom. The fourth-order valence-corrected chi connectivity index (χ4v) is 4.65. The fraction of sp³-hybridized carbons (Fsp3) is 0.381. The molecule has 6 nitrogen and oxygen atoms in total. The summed E-state index contributed by atoms with van der Waals surface area (Å²) in [6.07, 6.45) is 1.70. The van der Waals surface area contributed by atoms with E-state index < -0.39 is 0 Å². The van der Waals surface area contributed by atoms with Crippen molar-refractivity contribution in [2.45, 2.75) is 29.8 Å². The molecule has 1 aromatic carbocycles. The van der Waals surface area contributed by atoms with E-state index in [0.29, 0.717) is 16.2 Å². The molecule has 0 unspecified atom stereocenters. The average molecular weight is 397 g/mol. The highest BCUT2D eigenvalue weighted by Gasteiger charge is 2.31. The molecule has 2 aliphatic rings. The van der Waals surface area contributed by atoms with E-state index in [9.17, 15) is 9.59 Å². The second-order valence-electron chi connectivity index (χ2n) is 7.51. The van der Waals surface area contributed by atoms with Gasteiger partial charge in [0.15, 0.2) is 0 Å². The minimum Gasteiger partial charge on any atom is -0.336 e. The van der Waals surface area contributed by atoms with Gasteiger partial charge in [-0.1, -0.05) is 11.8 Å². The van der Waals surface area contributed by atoms with Crippen molar-refractivity contribution < 1.29 is 9.59 Å². The summed E-state index contributed by atoms with van der Waals surface area (Å²) in [5.74, 6) is -0.00749. The van der Waals surface area contributed by atoms with Gasteiger partial charge in [-0.05, 0) is 51.2 Å². The van der Waals surface area contributed by atoms with Gasteiger partial charge in [0.1, 0.15) is 5.03 Å². The maximum absolute atomic E-state index is 13.1. The summed E-state index contributed by atoms with van der Waals surface area (Å²) in [7, 11) is 2.07. The predicted octanol–water partition coefficient (Wildman–Crippen LogP) is 2.99. The van der Waals surface area contributed by atoms with Crippen molar-refractivity contribution in [2.75, 3.05) is 38.1 Å². The lowest BCUT2D eigenvalue weighted by Gasteiger charge is -2.32. The number of benzene rings is 1. The molecule has 0 N–H and O–H groups in total. The lowest BCUT2D eigenvalue weighted by molar-refractivity contribution is 0.0664. The summed E-state index contributed by atoms with van der Waals surface area (Å²) < 4.78 is 0. The van der Waals surface area contributed by atoms with Crippen LogP contribution in [0, 0.1) is 0 Å². The van der Waals surface area contributed by atoms with Crippen molar-refractivity contribution in [1.29, 1.82) is 0 Å². The summed E-state index contributed by atoms with van der Waals surface area (Å²) >= 11 is 1.45. The van der Waals surface area contributed by atoms with Crippen molar-refractivity contribution in [1.82, 2.24) is 14.8 Å². The number of carbonyl (C=O) groups is 2. The average Bonchev–Trinajstić information content (AvgIpc) is 2.81. The van der Waals surface area contributed by atoms with E-state index in [-0.39, 0.29) is 17.9 Å². The summed E-state index contributed by atoms with van der Waals surface area (Å²) in [5.41, 5.74) is 2.09.